The van der Waals surface area contributed by atoms with Gasteiger partial charge in [0.1, 0.15) is 23.0 Å². The van der Waals surface area contributed by atoms with Crippen LogP contribution in [-0.4, -0.2) is 51.0 Å². The minimum absolute atomic E-state index is 0.590. The molecule has 140 valence electrons. The lowest BCUT2D eigenvalue weighted by Gasteiger charge is -2.37. The van der Waals surface area contributed by atoms with Crippen molar-refractivity contribution < 1.29 is 0 Å². The number of hydrogen-bond donors (Lipinski definition) is 1. The van der Waals surface area contributed by atoms with Crippen molar-refractivity contribution in [2.24, 2.45) is 0 Å². The van der Waals surface area contributed by atoms with E-state index in [-0.39, 0.29) is 0 Å². The molecular weight excluding hydrogens is 428 g/mol. The number of nitrogens with zero attached hydrogens (tertiary/aromatic N) is 7. The lowest BCUT2D eigenvalue weighted by atomic mass is 10.2. The smallest absolute Gasteiger partial charge is 0.216 e. The number of nitrogen functional groups attached to an aromatic ring is 1. The van der Waals surface area contributed by atoms with Gasteiger partial charge < -0.3 is 15.6 Å². The monoisotopic (exact) mass is 446 g/mol. The zero-order valence-corrected chi connectivity index (χ0v) is 17.2. The SMILES string of the molecule is Cc1nnc(Sc2ncnc(N3CCN(c4ccccc4)CC3)c2Br)n1N. The van der Waals surface area contributed by atoms with Crippen LogP contribution >= 0.6 is 27.7 Å². The molecule has 4 rings (SSSR count). The van der Waals surface area contributed by atoms with Gasteiger partial charge in [-0.1, -0.05) is 18.2 Å². The van der Waals surface area contributed by atoms with Gasteiger partial charge >= 0.3 is 0 Å². The van der Waals surface area contributed by atoms with Gasteiger partial charge in [0, 0.05) is 31.9 Å². The minimum Gasteiger partial charge on any atom is -0.368 e. The molecule has 1 aromatic carbocycles. The molecule has 2 aromatic heterocycles. The van der Waals surface area contributed by atoms with E-state index in [0.717, 1.165) is 41.5 Å². The van der Waals surface area contributed by atoms with Crippen molar-refractivity contribution in [3.05, 3.63) is 47.0 Å². The Balaban J connectivity index is 1.49. The second-order valence-electron chi connectivity index (χ2n) is 6.13. The minimum atomic E-state index is 0.590. The van der Waals surface area contributed by atoms with Gasteiger partial charge in [-0.15, -0.1) is 10.2 Å². The molecule has 3 heterocycles. The first kappa shape index (κ1) is 18.1. The van der Waals surface area contributed by atoms with E-state index in [1.807, 2.05) is 13.0 Å². The van der Waals surface area contributed by atoms with Gasteiger partial charge in [0.15, 0.2) is 0 Å². The van der Waals surface area contributed by atoms with Crippen LogP contribution in [0.5, 0.6) is 0 Å². The summed E-state index contributed by atoms with van der Waals surface area (Å²) in [5.74, 6) is 7.49. The van der Waals surface area contributed by atoms with Gasteiger partial charge in [0.2, 0.25) is 5.16 Å². The number of piperazine rings is 1. The van der Waals surface area contributed by atoms with Crippen LogP contribution in [-0.2, 0) is 0 Å². The van der Waals surface area contributed by atoms with Crippen molar-refractivity contribution in [3.63, 3.8) is 0 Å². The van der Waals surface area contributed by atoms with E-state index in [1.54, 1.807) is 6.33 Å². The summed E-state index contributed by atoms with van der Waals surface area (Å²) in [5.41, 5.74) is 1.26. The first-order chi connectivity index (χ1) is 13.1. The van der Waals surface area contributed by atoms with Crippen LogP contribution in [0.1, 0.15) is 5.82 Å². The van der Waals surface area contributed by atoms with Crippen molar-refractivity contribution in [1.82, 2.24) is 24.8 Å². The number of para-hydroxylation sites is 1. The summed E-state index contributed by atoms with van der Waals surface area (Å²) in [4.78, 5) is 13.5. The normalized spacial score (nSPS) is 14.6. The number of anilines is 2. The molecule has 0 saturated carbocycles. The number of halogens is 1. The third-order valence-corrected chi connectivity index (χ3v) is 6.42. The topological polar surface area (TPSA) is 89.0 Å². The van der Waals surface area contributed by atoms with Crippen LogP contribution in [0.3, 0.4) is 0 Å². The van der Waals surface area contributed by atoms with Gasteiger partial charge in [-0.2, -0.15) is 0 Å². The van der Waals surface area contributed by atoms with Crippen LogP contribution in [0.15, 0.2) is 51.3 Å². The number of hydrogen-bond acceptors (Lipinski definition) is 8. The average molecular weight is 447 g/mol. The van der Waals surface area contributed by atoms with Gasteiger partial charge in [0.05, 0.1) is 4.47 Å². The van der Waals surface area contributed by atoms with Crippen LogP contribution in [0.2, 0.25) is 0 Å². The highest BCUT2D eigenvalue weighted by Crippen LogP contribution is 2.35. The largest absolute Gasteiger partial charge is 0.368 e. The molecule has 1 saturated heterocycles. The van der Waals surface area contributed by atoms with Crippen LogP contribution in [0, 0.1) is 6.92 Å². The second-order valence-corrected chi connectivity index (χ2v) is 7.88. The summed E-state index contributed by atoms with van der Waals surface area (Å²) in [7, 11) is 0. The first-order valence-electron chi connectivity index (χ1n) is 8.54. The lowest BCUT2D eigenvalue weighted by molar-refractivity contribution is 0.644. The molecular formula is C17H19BrN8S. The highest BCUT2D eigenvalue weighted by Gasteiger charge is 2.22. The van der Waals surface area contributed by atoms with Crippen molar-refractivity contribution in [2.75, 3.05) is 41.8 Å². The molecule has 3 aromatic rings. The summed E-state index contributed by atoms with van der Waals surface area (Å²) in [6.07, 6.45) is 1.58. The molecule has 8 nitrogen and oxygen atoms in total. The molecule has 1 aliphatic heterocycles. The standard InChI is InChI=1S/C17H19BrN8S/c1-12-22-23-17(26(12)19)27-16-14(18)15(20-11-21-16)25-9-7-24(8-10-25)13-5-3-2-4-6-13/h2-6,11H,7-10,19H2,1H3. The molecule has 2 N–H and O–H groups in total. The van der Waals surface area contributed by atoms with E-state index in [1.165, 1.54) is 22.1 Å². The number of aromatic nitrogens is 5. The molecule has 0 atom stereocenters. The Kier molecular flexibility index (Phi) is 5.17. The Labute approximate surface area is 169 Å². The molecule has 10 heteroatoms. The molecule has 1 aliphatic rings. The number of aryl methyl sites for hydroxylation is 1. The number of rotatable bonds is 4. The van der Waals surface area contributed by atoms with Crippen molar-refractivity contribution in [3.8, 4) is 0 Å². The third-order valence-electron chi connectivity index (χ3n) is 4.46. The van der Waals surface area contributed by atoms with Crippen molar-refractivity contribution in [1.29, 1.82) is 0 Å². The number of benzene rings is 1. The molecule has 27 heavy (non-hydrogen) atoms. The zero-order valence-electron chi connectivity index (χ0n) is 14.8. The maximum Gasteiger partial charge on any atom is 0.216 e. The third kappa shape index (κ3) is 3.72. The predicted molar refractivity (Wildman–Crippen MR) is 110 cm³/mol. The van der Waals surface area contributed by atoms with Crippen LogP contribution in [0.25, 0.3) is 0 Å². The predicted octanol–water partition coefficient (Wildman–Crippen LogP) is 2.33. The van der Waals surface area contributed by atoms with E-state index in [9.17, 15) is 0 Å². The zero-order chi connectivity index (χ0) is 18.8. The van der Waals surface area contributed by atoms with Crippen molar-refractivity contribution in [2.45, 2.75) is 17.1 Å². The molecule has 0 amide bonds. The molecule has 1 fully saturated rings. The molecule has 0 unspecified atom stereocenters. The van der Waals surface area contributed by atoms with E-state index < -0.39 is 0 Å². The quantitative estimate of drug-likeness (QED) is 0.482. The Morgan fingerprint density at radius 1 is 1.00 bits per heavy atom. The first-order valence-corrected chi connectivity index (χ1v) is 10.1. The summed E-state index contributed by atoms with van der Waals surface area (Å²) in [6.45, 7) is 5.48. The van der Waals surface area contributed by atoms with E-state index >= 15 is 0 Å². The van der Waals surface area contributed by atoms with Gasteiger partial charge in [0.25, 0.3) is 0 Å². The second kappa shape index (κ2) is 7.73. The summed E-state index contributed by atoms with van der Waals surface area (Å²) >= 11 is 5.03. The Bertz CT molecular complexity index is 924. The Morgan fingerprint density at radius 3 is 2.37 bits per heavy atom. The Morgan fingerprint density at radius 2 is 1.70 bits per heavy atom. The molecule has 0 bridgehead atoms. The molecule has 0 spiro atoms. The Hall–Kier alpha value is -2.33. The average Bonchev–Trinajstić information content (AvgIpc) is 3.02. The van der Waals surface area contributed by atoms with Gasteiger partial charge in [-0.05, 0) is 46.7 Å². The maximum atomic E-state index is 5.95. The fraction of sp³-hybridized carbons (Fsp3) is 0.294. The van der Waals surface area contributed by atoms with Crippen molar-refractivity contribution >= 4 is 39.2 Å². The van der Waals surface area contributed by atoms with Gasteiger partial charge in [-0.3, -0.25) is 0 Å². The summed E-state index contributed by atoms with van der Waals surface area (Å²) in [5, 5.41) is 9.43. The fourth-order valence-electron chi connectivity index (χ4n) is 2.96. The van der Waals surface area contributed by atoms with Crippen LogP contribution in [0.4, 0.5) is 11.5 Å². The van der Waals surface area contributed by atoms with E-state index in [2.05, 4.69) is 70.2 Å². The summed E-state index contributed by atoms with van der Waals surface area (Å²) in [6, 6.07) is 10.5. The lowest BCUT2D eigenvalue weighted by Crippen LogP contribution is -2.47. The summed E-state index contributed by atoms with van der Waals surface area (Å²) < 4.78 is 2.31. The van der Waals surface area contributed by atoms with E-state index in [0.29, 0.717) is 11.0 Å². The molecule has 0 radical (unpaired) electrons. The highest BCUT2D eigenvalue weighted by atomic mass is 79.9. The van der Waals surface area contributed by atoms with E-state index in [4.69, 9.17) is 5.84 Å². The van der Waals surface area contributed by atoms with Crippen LogP contribution < -0.4 is 15.6 Å². The maximum absolute atomic E-state index is 5.95. The van der Waals surface area contributed by atoms with Gasteiger partial charge in [-0.25, -0.2) is 14.6 Å². The highest BCUT2D eigenvalue weighted by molar-refractivity contribution is 9.10. The fourth-order valence-corrected chi connectivity index (χ4v) is 4.42. The molecule has 0 aliphatic carbocycles. The number of nitrogens with two attached hydrogens (primary N) is 1.